The molecule has 0 saturated carbocycles. The third kappa shape index (κ3) is 70.1. The zero-order chi connectivity index (χ0) is 10.0. The Morgan fingerprint density at radius 1 is 1.31 bits per heavy atom. The van der Waals surface area contributed by atoms with Crippen molar-refractivity contribution in [3.63, 3.8) is 0 Å². The van der Waals surface area contributed by atoms with Crippen LogP contribution in [0, 0.1) is 6.54 Å². The molecule has 0 unspecified atom stereocenters. The Labute approximate surface area is 89.9 Å². The van der Waals surface area contributed by atoms with Crippen molar-refractivity contribution in [2.75, 3.05) is 0 Å². The largest absolute Gasteiger partial charge is 0.483 e. The minimum Gasteiger partial charge on any atom is -0.483 e. The summed E-state index contributed by atoms with van der Waals surface area (Å²) in [6.45, 7) is 3.92. The average molecular weight is 257 g/mol. The van der Waals surface area contributed by atoms with E-state index in [1.54, 1.807) is 6.54 Å². The second-order valence-electron chi connectivity index (χ2n) is 2.18. The molecule has 0 aromatic rings. The first-order valence-electron chi connectivity index (χ1n) is 3.65. The van der Waals surface area contributed by atoms with Crippen molar-refractivity contribution in [2.24, 2.45) is 5.73 Å². The van der Waals surface area contributed by atoms with Crippen LogP contribution in [0.3, 0.4) is 0 Å². The van der Waals surface area contributed by atoms with Gasteiger partial charge in [-0.05, 0) is 0 Å². The Morgan fingerprint density at radius 2 is 1.69 bits per heavy atom. The van der Waals surface area contributed by atoms with Gasteiger partial charge < -0.3 is 5.73 Å². The molecule has 0 bridgehead atoms. The molecule has 1 radical (unpaired) electrons. The molecule has 0 amide bonds. The molecule has 0 heterocycles. The maximum Gasteiger partial charge on any atom is 0.394 e. The summed E-state index contributed by atoms with van der Waals surface area (Å²) >= 11 is 0. The maximum atomic E-state index is 8.74. The molecule has 0 rings (SSSR count). The van der Waals surface area contributed by atoms with Crippen molar-refractivity contribution in [3.8, 4) is 0 Å². The van der Waals surface area contributed by atoms with Gasteiger partial charge in [0.25, 0.3) is 0 Å². The average Bonchev–Trinajstić information content (AvgIpc) is 1.85. The fraction of sp³-hybridized carbons (Fsp3) is 0.833. The molecule has 7 heteroatoms. The van der Waals surface area contributed by atoms with Gasteiger partial charge in [-0.2, -0.15) is 14.8 Å². The number of hydrogen-bond acceptors (Lipinski definition) is 3. The molecule has 85 valence electrons. The van der Waals surface area contributed by atoms with E-state index in [4.69, 9.17) is 23.3 Å². The molecule has 0 atom stereocenters. The molecule has 4 N–H and O–H groups in total. The van der Waals surface area contributed by atoms with Crippen LogP contribution in [0.1, 0.15) is 32.6 Å². The first-order valence-corrected chi connectivity index (χ1v) is 5.04. The van der Waals surface area contributed by atoms with Crippen LogP contribution in [0.4, 0.5) is 0 Å². The zero-order valence-electron chi connectivity index (χ0n) is 7.44. The Morgan fingerprint density at radius 3 is 1.92 bits per heavy atom. The van der Waals surface area contributed by atoms with Gasteiger partial charge in [0, 0.05) is 16.8 Å². The van der Waals surface area contributed by atoms with Crippen LogP contribution < -0.4 is 5.73 Å². The molecule has 13 heavy (non-hydrogen) atoms. The van der Waals surface area contributed by atoms with Crippen LogP contribution in [-0.2, 0) is 27.2 Å². The normalized spacial score (nSPS) is 9.54. The maximum absolute atomic E-state index is 8.74. The topological polar surface area (TPSA) is 101 Å². The SMILES string of the molecule is CCCCC[CH-]N.O=S(=O)(O)O.[Co]. The van der Waals surface area contributed by atoms with Crippen LogP contribution in [0.2, 0.25) is 0 Å². The Hall–Kier alpha value is 0.336. The standard InChI is InChI=1S/C6H14N.Co.H2O4S/c1-2-3-4-5-6-7;;1-5(2,3)4/h6H,2-5,7H2,1H3;;(H2,1,2,3,4)/q-1;;. The van der Waals surface area contributed by atoms with Gasteiger partial charge in [0.15, 0.2) is 0 Å². The van der Waals surface area contributed by atoms with Gasteiger partial charge in [-0.15, -0.1) is 0 Å². The minimum atomic E-state index is -4.67. The van der Waals surface area contributed by atoms with Crippen LogP contribution >= 0.6 is 0 Å². The van der Waals surface area contributed by atoms with Crippen molar-refractivity contribution < 1.29 is 34.3 Å². The molecule has 0 aromatic carbocycles. The number of hydrogen-bond donors (Lipinski definition) is 3. The van der Waals surface area contributed by atoms with Crippen molar-refractivity contribution in [1.82, 2.24) is 0 Å². The van der Waals surface area contributed by atoms with Crippen molar-refractivity contribution in [3.05, 3.63) is 6.54 Å². The summed E-state index contributed by atoms with van der Waals surface area (Å²) < 4.78 is 31.6. The monoisotopic (exact) mass is 257 g/mol. The number of unbranched alkanes of at least 4 members (excludes halogenated alkanes) is 3. The molecule has 0 aliphatic carbocycles. The Kier molecular flexibility index (Phi) is 18.0. The summed E-state index contributed by atoms with van der Waals surface area (Å²) in [4.78, 5) is 0. The Bertz CT molecular complexity index is 159. The van der Waals surface area contributed by atoms with Crippen LogP contribution in [0.5, 0.6) is 0 Å². The summed E-state index contributed by atoms with van der Waals surface area (Å²) in [5, 5.41) is 0. The van der Waals surface area contributed by atoms with E-state index in [0.29, 0.717) is 0 Å². The van der Waals surface area contributed by atoms with Crippen molar-refractivity contribution in [1.29, 1.82) is 0 Å². The third-order valence-electron chi connectivity index (χ3n) is 0.974. The van der Waals surface area contributed by atoms with Gasteiger partial charge in [0.2, 0.25) is 0 Å². The molecule has 0 aliphatic rings. The summed E-state index contributed by atoms with van der Waals surface area (Å²) in [7, 11) is -4.67. The number of rotatable bonds is 4. The van der Waals surface area contributed by atoms with Gasteiger partial charge in [-0.25, -0.2) is 0 Å². The van der Waals surface area contributed by atoms with E-state index in [9.17, 15) is 0 Å². The summed E-state index contributed by atoms with van der Waals surface area (Å²) in [6.07, 6.45) is 4.93. The van der Waals surface area contributed by atoms with Gasteiger partial charge in [0.05, 0.1) is 0 Å². The Balaban J connectivity index is -0.000000150. The van der Waals surface area contributed by atoms with Crippen LogP contribution in [-0.4, -0.2) is 17.5 Å². The van der Waals surface area contributed by atoms with E-state index in [1.165, 1.54) is 19.3 Å². The second-order valence-corrected chi connectivity index (χ2v) is 3.07. The van der Waals surface area contributed by atoms with E-state index < -0.39 is 10.4 Å². The molecule has 0 saturated heterocycles. The quantitative estimate of drug-likeness (QED) is 0.396. The van der Waals surface area contributed by atoms with Crippen LogP contribution in [0.15, 0.2) is 0 Å². The van der Waals surface area contributed by atoms with Gasteiger partial charge in [0.1, 0.15) is 0 Å². The summed E-state index contributed by atoms with van der Waals surface area (Å²) in [5.41, 5.74) is 5.14. The van der Waals surface area contributed by atoms with Gasteiger partial charge in [-0.3, -0.25) is 15.7 Å². The van der Waals surface area contributed by atoms with Crippen molar-refractivity contribution >= 4 is 10.4 Å². The molecule has 0 aliphatic heterocycles. The second kappa shape index (κ2) is 12.3. The summed E-state index contributed by atoms with van der Waals surface area (Å²) in [5.74, 6) is 0. The predicted molar refractivity (Wildman–Crippen MR) is 46.8 cm³/mol. The van der Waals surface area contributed by atoms with E-state index in [-0.39, 0.29) is 16.8 Å². The van der Waals surface area contributed by atoms with Crippen LogP contribution in [0.25, 0.3) is 0 Å². The third-order valence-corrected chi connectivity index (χ3v) is 0.974. The molecule has 0 spiro atoms. The first-order chi connectivity index (χ1) is 5.41. The molecular weight excluding hydrogens is 241 g/mol. The first kappa shape index (κ1) is 19.0. The molecule has 0 fully saturated rings. The van der Waals surface area contributed by atoms with Gasteiger partial charge in [-0.1, -0.05) is 26.2 Å². The van der Waals surface area contributed by atoms with Gasteiger partial charge >= 0.3 is 10.4 Å². The van der Waals surface area contributed by atoms with E-state index in [0.717, 1.165) is 6.42 Å². The zero-order valence-corrected chi connectivity index (χ0v) is 9.29. The van der Waals surface area contributed by atoms with Crippen molar-refractivity contribution in [2.45, 2.75) is 32.6 Å². The minimum absolute atomic E-state index is 0. The molecule has 0 aromatic heterocycles. The fourth-order valence-corrected chi connectivity index (χ4v) is 0.512. The number of nitrogens with two attached hydrogens (primary N) is 1. The van der Waals surface area contributed by atoms with E-state index >= 15 is 0 Å². The smallest absolute Gasteiger partial charge is 0.394 e. The predicted octanol–water partition coefficient (Wildman–Crippen LogP) is 1.03. The van der Waals surface area contributed by atoms with E-state index in [2.05, 4.69) is 6.92 Å². The molecular formula is C6H16CoNO4S-. The molecule has 5 nitrogen and oxygen atoms in total. The summed E-state index contributed by atoms with van der Waals surface area (Å²) in [6, 6.07) is 0. The van der Waals surface area contributed by atoms with E-state index in [1.807, 2.05) is 0 Å². The fourth-order valence-electron chi connectivity index (χ4n) is 0.512.